The zero-order valence-electron chi connectivity index (χ0n) is 16.5. The van der Waals surface area contributed by atoms with E-state index in [1.165, 1.54) is 49.8 Å². The minimum absolute atomic E-state index is 0.151. The molecule has 0 amide bonds. The van der Waals surface area contributed by atoms with E-state index in [0.717, 1.165) is 24.8 Å². The molecule has 0 atom stereocenters. The molecule has 0 N–H and O–H groups in total. The van der Waals surface area contributed by atoms with Crippen molar-refractivity contribution in [3.63, 3.8) is 0 Å². The first-order chi connectivity index (χ1) is 13.7. The summed E-state index contributed by atoms with van der Waals surface area (Å²) in [4.78, 5) is 12.3. The maximum absolute atomic E-state index is 14.0. The van der Waals surface area contributed by atoms with Gasteiger partial charge in [-0.3, -0.25) is 0 Å². The van der Waals surface area contributed by atoms with Crippen LogP contribution in [0.1, 0.15) is 61.4 Å². The molecule has 3 rings (SSSR count). The van der Waals surface area contributed by atoms with Gasteiger partial charge in [0, 0.05) is 0 Å². The lowest BCUT2D eigenvalue weighted by molar-refractivity contribution is 0.0734. The van der Waals surface area contributed by atoms with Gasteiger partial charge in [0.15, 0.2) is 11.6 Å². The molecule has 4 heteroatoms. The van der Waals surface area contributed by atoms with Gasteiger partial charge >= 0.3 is 5.97 Å². The molecular weight excluding hydrogens is 355 g/mol. The molecule has 1 radical (unpaired) electrons. The molecule has 0 spiro atoms. The number of esters is 1. The average Bonchev–Trinajstić information content (AvgIpc) is 2.73. The summed E-state index contributed by atoms with van der Waals surface area (Å²) in [5.41, 5.74) is 1.41. The Hall–Kier alpha value is -2.36. The van der Waals surface area contributed by atoms with Crippen molar-refractivity contribution in [3.8, 4) is 11.5 Å². The van der Waals surface area contributed by atoms with Crippen molar-refractivity contribution in [2.45, 2.75) is 51.9 Å². The Morgan fingerprint density at radius 3 is 2.54 bits per heavy atom. The summed E-state index contributed by atoms with van der Waals surface area (Å²) in [5.74, 6) is 0.304. The highest BCUT2D eigenvalue weighted by atomic mass is 19.1. The normalized spacial score (nSPS) is 14.6. The van der Waals surface area contributed by atoms with Crippen molar-refractivity contribution in [2.24, 2.45) is 5.92 Å². The second kappa shape index (κ2) is 10.3. The van der Waals surface area contributed by atoms with E-state index < -0.39 is 11.8 Å². The van der Waals surface area contributed by atoms with Crippen molar-refractivity contribution < 1.29 is 18.7 Å². The van der Waals surface area contributed by atoms with Crippen LogP contribution < -0.4 is 9.47 Å². The van der Waals surface area contributed by atoms with Gasteiger partial charge in [-0.05, 0) is 80.3 Å². The molecular formula is C24H28FO3. The number of halogens is 1. The molecule has 149 valence electrons. The monoisotopic (exact) mass is 383 g/mol. The molecule has 28 heavy (non-hydrogen) atoms. The van der Waals surface area contributed by atoms with Gasteiger partial charge in [0.25, 0.3) is 0 Å². The van der Waals surface area contributed by atoms with Gasteiger partial charge in [0.2, 0.25) is 0 Å². The maximum atomic E-state index is 14.0. The Balaban J connectivity index is 1.53. The van der Waals surface area contributed by atoms with E-state index in [4.69, 9.17) is 9.47 Å². The zero-order chi connectivity index (χ0) is 19.8. The van der Waals surface area contributed by atoms with E-state index in [1.807, 2.05) is 19.1 Å². The van der Waals surface area contributed by atoms with Crippen LogP contribution >= 0.6 is 0 Å². The molecule has 2 aromatic rings. The highest BCUT2D eigenvalue weighted by Crippen LogP contribution is 2.27. The van der Waals surface area contributed by atoms with Crippen molar-refractivity contribution in [2.75, 3.05) is 6.61 Å². The van der Waals surface area contributed by atoms with E-state index in [9.17, 15) is 9.18 Å². The van der Waals surface area contributed by atoms with Crippen LogP contribution in [0.5, 0.6) is 11.5 Å². The second-order valence-corrected chi connectivity index (χ2v) is 7.38. The lowest BCUT2D eigenvalue weighted by Gasteiger charge is -2.21. The minimum atomic E-state index is -0.577. The van der Waals surface area contributed by atoms with Crippen molar-refractivity contribution >= 4 is 5.97 Å². The smallest absolute Gasteiger partial charge is 0.343 e. The molecule has 3 nitrogen and oxygen atoms in total. The molecule has 0 aliphatic heterocycles. The predicted octanol–water partition coefficient (Wildman–Crippen LogP) is 6.16. The summed E-state index contributed by atoms with van der Waals surface area (Å²) >= 11 is 0. The largest absolute Gasteiger partial charge is 0.491 e. The molecule has 0 bridgehead atoms. The zero-order valence-corrected chi connectivity index (χ0v) is 16.5. The second-order valence-electron chi connectivity index (χ2n) is 7.38. The summed E-state index contributed by atoms with van der Waals surface area (Å²) < 4.78 is 24.7. The summed E-state index contributed by atoms with van der Waals surface area (Å²) in [7, 11) is 0. The van der Waals surface area contributed by atoms with Crippen LogP contribution in [0, 0.1) is 18.2 Å². The number of aryl methyl sites for hydroxylation is 1. The molecule has 1 fully saturated rings. The summed E-state index contributed by atoms with van der Waals surface area (Å²) in [6.45, 7) is 2.38. The van der Waals surface area contributed by atoms with Gasteiger partial charge in [-0.1, -0.05) is 31.9 Å². The van der Waals surface area contributed by atoms with E-state index >= 15 is 0 Å². The molecule has 1 aliphatic rings. The quantitative estimate of drug-likeness (QED) is 0.404. The number of carbonyl (C=O) groups is 1. The first-order valence-electron chi connectivity index (χ1n) is 10.2. The van der Waals surface area contributed by atoms with Gasteiger partial charge in [-0.2, -0.15) is 0 Å². The summed E-state index contributed by atoms with van der Waals surface area (Å²) in [6, 6.07) is 11.7. The Labute approximate surface area is 166 Å². The number of benzene rings is 2. The first-order valence-corrected chi connectivity index (χ1v) is 10.2. The lowest BCUT2D eigenvalue weighted by Crippen LogP contribution is -2.09. The Kier molecular flexibility index (Phi) is 7.46. The number of carbonyl (C=O) groups excluding carboxylic acids is 1. The van der Waals surface area contributed by atoms with E-state index in [-0.39, 0.29) is 11.3 Å². The highest BCUT2D eigenvalue weighted by Gasteiger charge is 2.14. The van der Waals surface area contributed by atoms with Crippen LogP contribution in [0.2, 0.25) is 0 Å². The number of ether oxygens (including phenoxy) is 2. The topological polar surface area (TPSA) is 35.5 Å². The predicted molar refractivity (Wildman–Crippen MR) is 108 cm³/mol. The van der Waals surface area contributed by atoms with Crippen LogP contribution in [0.15, 0.2) is 42.5 Å². The Bertz CT molecular complexity index is 764. The number of hydrogen-bond donors (Lipinski definition) is 0. The molecule has 0 heterocycles. The molecule has 0 saturated heterocycles. The van der Waals surface area contributed by atoms with Crippen LogP contribution in [0.25, 0.3) is 0 Å². The number of hydrogen-bond acceptors (Lipinski definition) is 3. The lowest BCUT2D eigenvalue weighted by atomic mass is 9.85. The fourth-order valence-electron chi connectivity index (χ4n) is 3.50. The number of rotatable bonds is 8. The van der Waals surface area contributed by atoms with E-state index in [0.29, 0.717) is 12.4 Å². The van der Waals surface area contributed by atoms with Crippen LogP contribution in [0.4, 0.5) is 4.39 Å². The maximum Gasteiger partial charge on any atom is 0.343 e. The Morgan fingerprint density at radius 2 is 1.86 bits per heavy atom. The molecule has 1 aliphatic carbocycles. The minimum Gasteiger partial charge on any atom is -0.491 e. The third-order valence-electron chi connectivity index (χ3n) is 5.16. The fraction of sp³-hybridized carbons (Fsp3) is 0.417. The summed E-state index contributed by atoms with van der Waals surface area (Å²) in [5, 5.41) is 0. The average molecular weight is 383 g/mol. The van der Waals surface area contributed by atoms with Crippen LogP contribution in [-0.4, -0.2) is 12.6 Å². The fourth-order valence-corrected chi connectivity index (χ4v) is 3.50. The Morgan fingerprint density at radius 1 is 1.11 bits per heavy atom. The van der Waals surface area contributed by atoms with Gasteiger partial charge in [0.1, 0.15) is 5.75 Å². The summed E-state index contributed by atoms with van der Waals surface area (Å²) in [6.07, 6.45) is 10.5. The highest BCUT2D eigenvalue weighted by molar-refractivity contribution is 5.91. The van der Waals surface area contributed by atoms with Crippen molar-refractivity contribution in [1.82, 2.24) is 0 Å². The van der Waals surface area contributed by atoms with Crippen LogP contribution in [0.3, 0.4) is 0 Å². The molecule has 0 unspecified atom stereocenters. The van der Waals surface area contributed by atoms with E-state index in [1.54, 1.807) is 12.1 Å². The first kappa shape index (κ1) is 20.4. The molecule has 2 aromatic carbocycles. The SMILES string of the molecule is CCCOc1ccc(C(=O)Oc2ccc(CCC3CC[CH]CC3)cc2)cc1F. The van der Waals surface area contributed by atoms with Crippen molar-refractivity contribution in [3.05, 3.63) is 65.8 Å². The third-order valence-corrected chi connectivity index (χ3v) is 5.16. The molecule has 1 saturated carbocycles. The van der Waals surface area contributed by atoms with Gasteiger partial charge in [-0.25, -0.2) is 9.18 Å². The van der Waals surface area contributed by atoms with Crippen LogP contribution in [-0.2, 0) is 6.42 Å². The standard InChI is InChI=1S/C24H28FO3/c1-2-16-27-23-15-12-20(17-22(23)25)24(26)28-21-13-10-19(11-14-21)9-8-18-6-4-3-5-7-18/h3,10-15,17-18H,2,4-9,16H2,1H3. The van der Waals surface area contributed by atoms with Gasteiger partial charge in [0.05, 0.1) is 12.2 Å². The third kappa shape index (κ3) is 5.82. The van der Waals surface area contributed by atoms with Gasteiger partial charge < -0.3 is 9.47 Å². The van der Waals surface area contributed by atoms with E-state index in [2.05, 4.69) is 6.42 Å². The van der Waals surface area contributed by atoms with Crippen molar-refractivity contribution in [1.29, 1.82) is 0 Å². The molecule has 0 aromatic heterocycles. The van der Waals surface area contributed by atoms with Gasteiger partial charge in [-0.15, -0.1) is 0 Å².